The van der Waals surface area contributed by atoms with Crippen LogP contribution in [0.3, 0.4) is 0 Å². The van der Waals surface area contributed by atoms with Crippen LogP contribution in [-0.2, 0) is 0 Å². The molecule has 0 spiro atoms. The molecule has 1 aliphatic rings. The van der Waals surface area contributed by atoms with Crippen LogP contribution < -0.4 is 5.32 Å². The minimum absolute atomic E-state index is 0.215. The lowest BCUT2D eigenvalue weighted by Crippen LogP contribution is -2.29. The number of hydrogen-bond acceptors (Lipinski definition) is 4. The highest BCUT2D eigenvalue weighted by Gasteiger charge is 2.25. The number of rotatable bonds is 3. The summed E-state index contributed by atoms with van der Waals surface area (Å²) < 4.78 is 18.7. The third-order valence-electron chi connectivity index (χ3n) is 4.34. The Kier molecular flexibility index (Phi) is 4.01. The molecule has 1 fully saturated rings. The molecule has 1 aromatic heterocycles. The van der Waals surface area contributed by atoms with Crippen LogP contribution in [0.1, 0.15) is 43.1 Å². The quantitative estimate of drug-likeness (QED) is 0.940. The molecule has 4 nitrogen and oxygen atoms in total. The van der Waals surface area contributed by atoms with Crippen LogP contribution >= 0.6 is 0 Å². The first-order valence-corrected chi connectivity index (χ1v) is 7.44. The lowest BCUT2D eigenvalue weighted by atomic mass is 9.86. The Hall–Kier alpha value is -1.75. The van der Waals surface area contributed by atoms with Gasteiger partial charge in [-0.3, -0.25) is 0 Å². The van der Waals surface area contributed by atoms with Gasteiger partial charge in [0.1, 0.15) is 5.82 Å². The molecule has 21 heavy (non-hydrogen) atoms. The Morgan fingerprint density at radius 2 is 2.00 bits per heavy atom. The fourth-order valence-electron chi connectivity index (χ4n) is 2.93. The number of nitrogens with one attached hydrogen (secondary N) is 1. The molecule has 2 aromatic rings. The van der Waals surface area contributed by atoms with Crippen molar-refractivity contribution in [1.29, 1.82) is 0 Å². The van der Waals surface area contributed by atoms with Gasteiger partial charge in [0.2, 0.25) is 11.7 Å². The van der Waals surface area contributed by atoms with Gasteiger partial charge in [0.15, 0.2) is 0 Å². The first-order valence-electron chi connectivity index (χ1n) is 7.44. The minimum atomic E-state index is -0.215. The molecule has 0 atom stereocenters. The maximum atomic E-state index is 13.3. The molecule has 0 radical (unpaired) electrons. The zero-order valence-corrected chi connectivity index (χ0v) is 12.4. The summed E-state index contributed by atoms with van der Waals surface area (Å²) in [6, 6.07) is 5.48. The van der Waals surface area contributed by atoms with Crippen LogP contribution in [0.15, 0.2) is 22.7 Å². The molecule has 3 rings (SSSR count). The van der Waals surface area contributed by atoms with Crippen molar-refractivity contribution < 1.29 is 8.91 Å². The second-order valence-corrected chi connectivity index (χ2v) is 5.76. The normalized spacial score (nSPS) is 22.4. The third-order valence-corrected chi connectivity index (χ3v) is 4.34. The van der Waals surface area contributed by atoms with Crippen molar-refractivity contribution in [1.82, 2.24) is 15.5 Å². The highest BCUT2D eigenvalue weighted by Crippen LogP contribution is 2.32. The smallest absolute Gasteiger partial charge is 0.230 e. The number of benzene rings is 1. The fourth-order valence-corrected chi connectivity index (χ4v) is 2.93. The largest absolute Gasteiger partial charge is 0.339 e. The van der Waals surface area contributed by atoms with Gasteiger partial charge in [0, 0.05) is 17.5 Å². The number of halogens is 1. The van der Waals surface area contributed by atoms with Crippen LogP contribution in [0.5, 0.6) is 0 Å². The Morgan fingerprint density at radius 1 is 1.24 bits per heavy atom. The average molecular weight is 289 g/mol. The van der Waals surface area contributed by atoms with Crippen LogP contribution in [-0.4, -0.2) is 23.2 Å². The predicted molar refractivity (Wildman–Crippen MR) is 78.5 cm³/mol. The number of aromatic nitrogens is 2. The zero-order chi connectivity index (χ0) is 14.8. The summed E-state index contributed by atoms with van der Waals surface area (Å²) >= 11 is 0. The van der Waals surface area contributed by atoms with E-state index in [9.17, 15) is 4.39 Å². The summed E-state index contributed by atoms with van der Waals surface area (Å²) in [5.41, 5.74) is 1.39. The van der Waals surface area contributed by atoms with Crippen LogP contribution in [0.25, 0.3) is 11.4 Å². The molecule has 0 unspecified atom stereocenters. The molecule has 112 valence electrons. The summed E-state index contributed by atoms with van der Waals surface area (Å²) in [7, 11) is 2.01. The van der Waals surface area contributed by atoms with E-state index >= 15 is 0 Å². The first kappa shape index (κ1) is 14.2. The summed E-state index contributed by atoms with van der Waals surface area (Å²) in [6.45, 7) is 1.73. The van der Waals surface area contributed by atoms with E-state index < -0.39 is 0 Å². The van der Waals surface area contributed by atoms with E-state index in [1.807, 2.05) is 7.05 Å². The molecule has 1 aromatic carbocycles. The molecule has 0 amide bonds. The van der Waals surface area contributed by atoms with Gasteiger partial charge in [-0.2, -0.15) is 4.98 Å². The molecule has 0 bridgehead atoms. The van der Waals surface area contributed by atoms with Crippen molar-refractivity contribution >= 4 is 0 Å². The average Bonchev–Trinajstić information content (AvgIpc) is 3.00. The van der Waals surface area contributed by atoms with E-state index in [4.69, 9.17) is 4.52 Å². The molecule has 1 heterocycles. The summed E-state index contributed by atoms with van der Waals surface area (Å²) in [6.07, 6.45) is 4.40. The molecule has 0 saturated heterocycles. The topological polar surface area (TPSA) is 51.0 Å². The molecular formula is C16H20FN3O. The van der Waals surface area contributed by atoms with E-state index in [1.54, 1.807) is 19.1 Å². The van der Waals surface area contributed by atoms with Crippen molar-refractivity contribution in [2.45, 2.75) is 44.6 Å². The van der Waals surface area contributed by atoms with E-state index in [0.29, 0.717) is 29.2 Å². The number of hydrogen-bond donors (Lipinski definition) is 1. The Balaban J connectivity index is 1.76. The van der Waals surface area contributed by atoms with Crippen molar-refractivity contribution in [2.75, 3.05) is 7.05 Å². The van der Waals surface area contributed by atoms with Crippen molar-refractivity contribution in [3.63, 3.8) is 0 Å². The monoisotopic (exact) mass is 289 g/mol. The fraction of sp³-hybridized carbons (Fsp3) is 0.500. The highest BCUT2D eigenvalue weighted by molar-refractivity contribution is 5.55. The molecule has 1 N–H and O–H groups in total. The van der Waals surface area contributed by atoms with Crippen LogP contribution in [0.4, 0.5) is 4.39 Å². The van der Waals surface area contributed by atoms with Crippen LogP contribution in [0, 0.1) is 12.7 Å². The standard InChI is InChI=1S/C16H20FN3O/c1-10-9-12(5-8-14(10)17)15-19-16(21-20-15)11-3-6-13(18-2)7-4-11/h5,8-9,11,13,18H,3-4,6-7H2,1-2H3. The van der Waals surface area contributed by atoms with E-state index in [-0.39, 0.29) is 5.82 Å². The zero-order valence-electron chi connectivity index (χ0n) is 12.4. The number of aryl methyl sites for hydroxylation is 1. The second-order valence-electron chi connectivity index (χ2n) is 5.76. The van der Waals surface area contributed by atoms with Gasteiger partial charge >= 0.3 is 0 Å². The minimum Gasteiger partial charge on any atom is -0.339 e. The highest BCUT2D eigenvalue weighted by atomic mass is 19.1. The van der Waals surface area contributed by atoms with Gasteiger partial charge in [-0.05, 0) is 63.4 Å². The maximum absolute atomic E-state index is 13.3. The van der Waals surface area contributed by atoms with Gasteiger partial charge in [0.05, 0.1) is 0 Å². The van der Waals surface area contributed by atoms with Gasteiger partial charge in [-0.25, -0.2) is 4.39 Å². The summed E-state index contributed by atoms with van der Waals surface area (Å²) in [5, 5.41) is 7.36. The first-order chi connectivity index (χ1) is 10.2. The van der Waals surface area contributed by atoms with Crippen molar-refractivity contribution in [3.05, 3.63) is 35.5 Å². The molecule has 1 saturated carbocycles. The second kappa shape index (κ2) is 5.93. The lowest BCUT2D eigenvalue weighted by Gasteiger charge is -2.25. The lowest BCUT2D eigenvalue weighted by molar-refractivity contribution is 0.289. The van der Waals surface area contributed by atoms with E-state index in [0.717, 1.165) is 31.2 Å². The molecule has 1 aliphatic carbocycles. The summed E-state index contributed by atoms with van der Waals surface area (Å²) in [5.74, 6) is 1.38. The van der Waals surface area contributed by atoms with E-state index in [1.165, 1.54) is 6.07 Å². The van der Waals surface area contributed by atoms with Crippen LogP contribution in [0.2, 0.25) is 0 Å². The predicted octanol–water partition coefficient (Wildman–Crippen LogP) is 3.43. The molecular weight excluding hydrogens is 269 g/mol. The van der Waals surface area contributed by atoms with Gasteiger partial charge in [0.25, 0.3) is 0 Å². The van der Waals surface area contributed by atoms with Gasteiger partial charge < -0.3 is 9.84 Å². The molecule has 5 heteroatoms. The SMILES string of the molecule is CNC1CCC(c2nc(-c3ccc(F)c(C)c3)no2)CC1. The van der Waals surface area contributed by atoms with Gasteiger partial charge in [-0.15, -0.1) is 0 Å². The third kappa shape index (κ3) is 2.97. The van der Waals surface area contributed by atoms with E-state index in [2.05, 4.69) is 15.5 Å². The Morgan fingerprint density at radius 3 is 2.67 bits per heavy atom. The summed E-state index contributed by atoms with van der Waals surface area (Å²) in [4.78, 5) is 4.51. The van der Waals surface area contributed by atoms with Crippen molar-refractivity contribution in [2.24, 2.45) is 0 Å². The maximum Gasteiger partial charge on any atom is 0.230 e. The molecule has 0 aliphatic heterocycles. The number of nitrogens with zero attached hydrogens (tertiary/aromatic N) is 2. The Bertz CT molecular complexity index is 618. The van der Waals surface area contributed by atoms with Crippen molar-refractivity contribution in [3.8, 4) is 11.4 Å². The Labute approximate surface area is 123 Å². The van der Waals surface area contributed by atoms with Gasteiger partial charge in [-0.1, -0.05) is 5.16 Å².